The van der Waals surface area contributed by atoms with Crippen molar-refractivity contribution in [2.75, 3.05) is 32.8 Å². The molecular formula is C22H29BrClNO3. The number of aryl methyl sites for hydroxylation is 1. The zero-order valence-electron chi connectivity index (χ0n) is 16.2. The lowest BCUT2D eigenvalue weighted by atomic mass is 10.1. The first-order valence-electron chi connectivity index (χ1n) is 9.63. The number of benzene rings is 2. The van der Waals surface area contributed by atoms with E-state index < -0.39 is 6.10 Å². The summed E-state index contributed by atoms with van der Waals surface area (Å²) in [4.78, 5) is 2.24. The van der Waals surface area contributed by atoms with Crippen LogP contribution in [0.3, 0.4) is 0 Å². The van der Waals surface area contributed by atoms with Gasteiger partial charge in [0.2, 0.25) is 0 Å². The molecule has 1 heterocycles. The molecule has 2 unspecified atom stereocenters. The summed E-state index contributed by atoms with van der Waals surface area (Å²) in [5.41, 5.74) is 2.48. The van der Waals surface area contributed by atoms with E-state index in [2.05, 4.69) is 52.0 Å². The Hall–Kier alpha value is -1.11. The molecule has 4 nitrogen and oxygen atoms in total. The van der Waals surface area contributed by atoms with Gasteiger partial charge in [-0.05, 0) is 41.8 Å². The number of hydrogen-bond acceptors (Lipinski definition) is 4. The van der Waals surface area contributed by atoms with Crippen LogP contribution in [0.1, 0.15) is 30.6 Å². The molecule has 0 spiro atoms. The van der Waals surface area contributed by atoms with Crippen LogP contribution in [0.2, 0.25) is 0 Å². The van der Waals surface area contributed by atoms with Gasteiger partial charge in [-0.1, -0.05) is 53.5 Å². The van der Waals surface area contributed by atoms with Crippen molar-refractivity contribution in [1.29, 1.82) is 0 Å². The molecule has 2 aromatic carbocycles. The number of morpholine rings is 1. The number of β-amino-alcohol motifs (C(OH)–C–C–N with tert-alkyl or cyclic N) is 1. The van der Waals surface area contributed by atoms with Crippen molar-refractivity contribution >= 4 is 28.3 Å². The van der Waals surface area contributed by atoms with Crippen LogP contribution < -0.4 is 4.74 Å². The highest BCUT2D eigenvalue weighted by Crippen LogP contribution is 2.25. The van der Waals surface area contributed by atoms with E-state index in [1.165, 1.54) is 5.56 Å². The van der Waals surface area contributed by atoms with Gasteiger partial charge < -0.3 is 14.6 Å². The fraction of sp³-hybridized carbons (Fsp3) is 0.455. The van der Waals surface area contributed by atoms with E-state index in [9.17, 15) is 5.11 Å². The third kappa shape index (κ3) is 7.05. The highest BCUT2D eigenvalue weighted by atomic mass is 79.9. The Morgan fingerprint density at radius 3 is 2.75 bits per heavy atom. The minimum atomic E-state index is -0.526. The highest BCUT2D eigenvalue weighted by Gasteiger charge is 2.23. The zero-order valence-corrected chi connectivity index (χ0v) is 18.6. The average Bonchev–Trinajstić information content (AvgIpc) is 2.68. The Morgan fingerprint density at radius 2 is 2.04 bits per heavy atom. The normalized spacial score (nSPS) is 18.3. The maximum Gasteiger partial charge on any atom is 0.119 e. The quantitative estimate of drug-likeness (QED) is 0.610. The van der Waals surface area contributed by atoms with Gasteiger partial charge in [0.1, 0.15) is 18.5 Å². The number of nitrogens with zero attached hydrogens (tertiary/aromatic N) is 1. The number of hydrogen-bond donors (Lipinski definition) is 1. The van der Waals surface area contributed by atoms with Crippen LogP contribution in [0.4, 0.5) is 0 Å². The van der Waals surface area contributed by atoms with E-state index in [0.29, 0.717) is 19.8 Å². The Morgan fingerprint density at radius 1 is 1.25 bits per heavy atom. The van der Waals surface area contributed by atoms with Crippen LogP contribution in [0.25, 0.3) is 0 Å². The summed E-state index contributed by atoms with van der Waals surface area (Å²) in [6.45, 7) is 5.33. The van der Waals surface area contributed by atoms with E-state index in [0.717, 1.165) is 41.7 Å². The Labute approximate surface area is 182 Å². The number of aliphatic hydroxyl groups is 1. The van der Waals surface area contributed by atoms with Crippen molar-refractivity contribution in [1.82, 2.24) is 4.90 Å². The molecule has 1 aliphatic rings. The summed E-state index contributed by atoms with van der Waals surface area (Å²) >= 11 is 3.51. The second-order valence-corrected chi connectivity index (χ2v) is 7.95. The molecule has 1 fully saturated rings. The number of rotatable bonds is 8. The molecule has 1 N–H and O–H groups in total. The third-order valence-corrected chi connectivity index (χ3v) is 5.24. The Bertz CT molecular complexity index is 713. The first kappa shape index (κ1) is 23.2. The molecule has 1 saturated heterocycles. The zero-order chi connectivity index (χ0) is 19.1. The lowest BCUT2D eigenvalue weighted by Crippen LogP contribution is -2.43. The van der Waals surface area contributed by atoms with Gasteiger partial charge in [0, 0.05) is 24.1 Å². The predicted octanol–water partition coefficient (Wildman–Crippen LogP) is 4.64. The van der Waals surface area contributed by atoms with Crippen molar-refractivity contribution in [3.63, 3.8) is 0 Å². The third-order valence-electron chi connectivity index (χ3n) is 4.74. The first-order valence-corrected chi connectivity index (χ1v) is 10.4. The molecule has 0 saturated carbocycles. The second kappa shape index (κ2) is 11.8. The molecule has 2 atom stereocenters. The van der Waals surface area contributed by atoms with E-state index in [4.69, 9.17) is 9.47 Å². The van der Waals surface area contributed by atoms with Gasteiger partial charge in [0.05, 0.1) is 12.7 Å². The van der Waals surface area contributed by atoms with Gasteiger partial charge in [0.25, 0.3) is 0 Å². The first-order chi connectivity index (χ1) is 13.1. The van der Waals surface area contributed by atoms with Crippen molar-refractivity contribution in [2.24, 2.45) is 0 Å². The Kier molecular flexibility index (Phi) is 9.75. The van der Waals surface area contributed by atoms with Crippen molar-refractivity contribution in [3.05, 3.63) is 64.1 Å². The monoisotopic (exact) mass is 469 g/mol. The summed E-state index contributed by atoms with van der Waals surface area (Å²) in [5.74, 6) is 0.808. The van der Waals surface area contributed by atoms with E-state index >= 15 is 0 Å². The van der Waals surface area contributed by atoms with Crippen molar-refractivity contribution in [2.45, 2.75) is 32.0 Å². The molecule has 28 heavy (non-hydrogen) atoms. The highest BCUT2D eigenvalue weighted by molar-refractivity contribution is 9.10. The molecule has 2 aromatic rings. The van der Waals surface area contributed by atoms with Gasteiger partial charge in [-0.25, -0.2) is 0 Å². The van der Waals surface area contributed by atoms with Crippen LogP contribution in [0.5, 0.6) is 5.75 Å². The molecule has 3 rings (SSSR count). The molecule has 0 bridgehead atoms. The van der Waals surface area contributed by atoms with Crippen LogP contribution >= 0.6 is 28.3 Å². The fourth-order valence-corrected chi connectivity index (χ4v) is 3.78. The molecule has 0 amide bonds. The summed E-state index contributed by atoms with van der Waals surface area (Å²) in [7, 11) is 0. The van der Waals surface area contributed by atoms with Gasteiger partial charge in [-0.2, -0.15) is 0 Å². The smallest absolute Gasteiger partial charge is 0.119 e. The van der Waals surface area contributed by atoms with Gasteiger partial charge in [-0.15, -0.1) is 12.4 Å². The number of ether oxygens (including phenoxy) is 2. The summed E-state index contributed by atoms with van der Waals surface area (Å²) in [6.07, 6.45) is 1.73. The molecule has 6 heteroatoms. The molecule has 0 radical (unpaired) electrons. The van der Waals surface area contributed by atoms with Gasteiger partial charge in [0.15, 0.2) is 0 Å². The van der Waals surface area contributed by atoms with Gasteiger partial charge >= 0.3 is 0 Å². The summed E-state index contributed by atoms with van der Waals surface area (Å²) in [6, 6.07) is 16.4. The number of aliphatic hydroxyl groups excluding tert-OH is 1. The van der Waals surface area contributed by atoms with Crippen LogP contribution in [-0.4, -0.2) is 49.0 Å². The van der Waals surface area contributed by atoms with Crippen LogP contribution in [-0.2, 0) is 11.2 Å². The number of halogens is 2. The van der Waals surface area contributed by atoms with Crippen molar-refractivity contribution < 1.29 is 14.6 Å². The van der Waals surface area contributed by atoms with Gasteiger partial charge in [-0.3, -0.25) is 4.90 Å². The second-order valence-electron chi connectivity index (χ2n) is 7.03. The molecule has 0 aliphatic carbocycles. The van der Waals surface area contributed by atoms with Crippen LogP contribution in [0, 0.1) is 0 Å². The summed E-state index contributed by atoms with van der Waals surface area (Å²) in [5, 5.41) is 10.4. The fourth-order valence-electron chi connectivity index (χ4n) is 3.36. The van der Waals surface area contributed by atoms with Crippen molar-refractivity contribution in [3.8, 4) is 5.75 Å². The molecule has 1 aliphatic heterocycles. The predicted molar refractivity (Wildman–Crippen MR) is 118 cm³/mol. The SMILES string of the molecule is CCCc1ccc(OCC(O)CN2CCOC(c3cccc(Br)c3)C2)cc1.Cl. The molecular weight excluding hydrogens is 442 g/mol. The topological polar surface area (TPSA) is 41.9 Å². The largest absolute Gasteiger partial charge is 0.491 e. The standard InChI is InChI=1S/C22H28BrNO3.ClH/c1-2-4-17-7-9-21(10-8-17)27-16-20(25)14-24-11-12-26-22(15-24)18-5-3-6-19(23)13-18;/h3,5-10,13,20,22,25H,2,4,11-12,14-16H2,1H3;1H. The lowest BCUT2D eigenvalue weighted by molar-refractivity contribution is -0.0459. The Balaban J connectivity index is 0.00000280. The summed E-state index contributed by atoms with van der Waals surface area (Å²) < 4.78 is 12.7. The van der Waals surface area contributed by atoms with E-state index in [-0.39, 0.29) is 18.5 Å². The molecule has 0 aromatic heterocycles. The lowest BCUT2D eigenvalue weighted by Gasteiger charge is -2.34. The maximum absolute atomic E-state index is 10.4. The van der Waals surface area contributed by atoms with E-state index in [1.54, 1.807) is 0 Å². The molecule has 154 valence electrons. The minimum absolute atomic E-state index is 0. The average molecular weight is 471 g/mol. The van der Waals surface area contributed by atoms with Crippen LogP contribution in [0.15, 0.2) is 53.0 Å². The van der Waals surface area contributed by atoms with E-state index in [1.807, 2.05) is 24.3 Å². The maximum atomic E-state index is 10.4. The minimum Gasteiger partial charge on any atom is -0.491 e.